The van der Waals surface area contributed by atoms with Gasteiger partial charge >= 0.3 is 11.9 Å². The summed E-state index contributed by atoms with van der Waals surface area (Å²) in [5, 5.41) is 16.4. The van der Waals surface area contributed by atoms with Crippen LogP contribution in [0.1, 0.15) is 12.8 Å². The summed E-state index contributed by atoms with van der Waals surface area (Å²) < 4.78 is 0. The van der Waals surface area contributed by atoms with Gasteiger partial charge in [0.1, 0.15) is 12.5 Å². The summed E-state index contributed by atoms with van der Waals surface area (Å²) in [6.07, 6.45) is 4.27. The molecule has 0 aromatic carbocycles. The minimum atomic E-state index is -0.980. The van der Waals surface area contributed by atoms with Gasteiger partial charge in [-0.15, -0.1) is 0 Å². The second-order valence-electron chi connectivity index (χ2n) is 2.13. The Bertz CT molecular complexity index is 216. The molecule has 0 amide bonds. The molecule has 6 nitrogen and oxygen atoms in total. The van der Waals surface area contributed by atoms with E-state index in [0.717, 1.165) is 12.5 Å². The molecule has 0 aliphatic rings. The third-order valence-corrected chi connectivity index (χ3v) is 0.944. The average molecular weight is 202 g/mol. The van der Waals surface area contributed by atoms with Crippen molar-refractivity contribution >= 4 is 11.9 Å². The third kappa shape index (κ3) is 10.0. The van der Waals surface area contributed by atoms with Crippen molar-refractivity contribution in [3.8, 4) is 0 Å². The van der Waals surface area contributed by atoms with Crippen LogP contribution < -0.4 is 0 Å². The predicted octanol–water partition coefficient (Wildman–Crippen LogP) is 0.911. The van der Waals surface area contributed by atoms with Crippen LogP contribution in [0.2, 0.25) is 0 Å². The Hall–Kier alpha value is -1.98. The summed E-state index contributed by atoms with van der Waals surface area (Å²) in [6.45, 7) is 0. The van der Waals surface area contributed by atoms with Crippen molar-refractivity contribution < 1.29 is 29.6 Å². The molecule has 0 unspecified atom stereocenters. The van der Waals surface area contributed by atoms with Crippen molar-refractivity contribution in [3.63, 3.8) is 0 Å². The summed E-state index contributed by atoms with van der Waals surface area (Å²) >= 11 is 0. The van der Waals surface area contributed by atoms with Crippen molar-refractivity contribution in [3.05, 3.63) is 24.7 Å². The Kier molecular flexibility index (Phi) is 6.57. The molecule has 6 heteroatoms. The summed E-state index contributed by atoms with van der Waals surface area (Å²) in [6, 6.07) is 0. The van der Waals surface area contributed by atoms with Gasteiger partial charge < -0.3 is 10.2 Å². The van der Waals surface area contributed by atoms with Crippen molar-refractivity contribution in [1.29, 1.82) is 0 Å². The summed E-state index contributed by atoms with van der Waals surface area (Å²) in [5.41, 5.74) is 0. The topological polar surface area (TPSA) is 93.1 Å². The van der Waals surface area contributed by atoms with E-state index in [0.29, 0.717) is 0 Å². The van der Waals surface area contributed by atoms with Crippen molar-refractivity contribution in [2.24, 2.45) is 0 Å². The van der Waals surface area contributed by atoms with E-state index in [9.17, 15) is 9.59 Å². The van der Waals surface area contributed by atoms with E-state index in [1.807, 2.05) is 0 Å². The van der Waals surface area contributed by atoms with Crippen molar-refractivity contribution in [1.82, 2.24) is 0 Å². The molecule has 0 saturated carbocycles. The quantitative estimate of drug-likeness (QED) is 0.276. The first-order valence-corrected chi connectivity index (χ1v) is 3.68. The monoisotopic (exact) mass is 202 g/mol. The number of hydrogen-bond donors (Lipinski definition) is 2. The Labute approximate surface area is 80.0 Å². The molecule has 0 aliphatic carbocycles. The lowest BCUT2D eigenvalue weighted by molar-refractivity contribution is -0.196. The van der Waals surface area contributed by atoms with Gasteiger partial charge in [-0.2, -0.15) is 0 Å². The van der Waals surface area contributed by atoms with Crippen LogP contribution in [0.25, 0.3) is 0 Å². The molecule has 0 atom stereocenters. The van der Waals surface area contributed by atoms with Gasteiger partial charge in [0.05, 0.1) is 12.8 Å². The van der Waals surface area contributed by atoms with Gasteiger partial charge in [-0.05, 0) is 12.2 Å². The van der Waals surface area contributed by atoms with E-state index in [2.05, 4.69) is 9.78 Å². The molecule has 2 N–H and O–H groups in total. The number of hydrogen-bond acceptors (Lipinski definition) is 4. The molecule has 0 spiro atoms. The van der Waals surface area contributed by atoms with E-state index in [-0.39, 0.29) is 12.8 Å². The molecule has 78 valence electrons. The van der Waals surface area contributed by atoms with E-state index >= 15 is 0 Å². The van der Waals surface area contributed by atoms with Crippen LogP contribution in [0.5, 0.6) is 0 Å². The Morgan fingerprint density at radius 3 is 1.57 bits per heavy atom. The fraction of sp³-hybridized carbons (Fsp3) is 0.250. The first kappa shape index (κ1) is 12.0. The fourth-order valence-corrected chi connectivity index (χ4v) is 0.441. The molecule has 0 saturated heterocycles. The third-order valence-electron chi connectivity index (χ3n) is 0.944. The van der Waals surface area contributed by atoms with E-state index < -0.39 is 11.9 Å². The first-order valence-electron chi connectivity index (χ1n) is 3.68. The van der Waals surface area contributed by atoms with Crippen LogP contribution in [0, 0.1) is 0 Å². The Morgan fingerprint density at radius 1 is 0.929 bits per heavy atom. The zero-order valence-corrected chi connectivity index (χ0v) is 7.25. The highest BCUT2D eigenvalue weighted by molar-refractivity contribution is 5.68. The highest BCUT2D eigenvalue weighted by Gasteiger charge is 1.89. The minimum Gasteiger partial charge on any atom is -0.481 e. The summed E-state index contributed by atoms with van der Waals surface area (Å²) in [5.74, 6) is -1.96. The van der Waals surface area contributed by atoms with Gasteiger partial charge in [0.15, 0.2) is 0 Å². The molecular formula is C8H10O6. The summed E-state index contributed by atoms with van der Waals surface area (Å²) in [4.78, 5) is 28.6. The van der Waals surface area contributed by atoms with Crippen LogP contribution in [0.15, 0.2) is 24.7 Å². The van der Waals surface area contributed by atoms with Gasteiger partial charge in [-0.3, -0.25) is 19.4 Å². The lowest BCUT2D eigenvalue weighted by atomic mass is 10.4. The maximum Gasteiger partial charge on any atom is 0.307 e. The maximum absolute atomic E-state index is 9.98. The lowest BCUT2D eigenvalue weighted by Crippen LogP contribution is -1.91. The number of aliphatic carboxylic acids is 2. The van der Waals surface area contributed by atoms with Crippen molar-refractivity contribution in [2.45, 2.75) is 12.8 Å². The van der Waals surface area contributed by atoms with Crippen LogP contribution in [0.3, 0.4) is 0 Å². The van der Waals surface area contributed by atoms with Crippen LogP contribution >= 0.6 is 0 Å². The minimum absolute atomic E-state index is 0.164. The van der Waals surface area contributed by atoms with Crippen LogP contribution in [-0.4, -0.2) is 22.2 Å². The number of rotatable bonds is 7. The standard InChI is InChI=1S/C8H10O6/c9-7(10)3-1-5-13-14-6-2-4-8(11)12/h1-2,5-6H,3-4H2,(H,9,10)(H,11,12). The SMILES string of the molecule is O=C(O)CC=COOC=CCC(=O)O. The number of carbonyl (C=O) groups is 2. The van der Waals surface area contributed by atoms with Gasteiger partial charge in [-0.1, -0.05) is 0 Å². The van der Waals surface area contributed by atoms with E-state index in [1.54, 1.807) is 0 Å². The molecule has 0 aliphatic heterocycles. The molecule has 0 fully saturated rings. The van der Waals surface area contributed by atoms with Crippen molar-refractivity contribution in [2.75, 3.05) is 0 Å². The highest BCUT2D eigenvalue weighted by atomic mass is 17.2. The summed E-state index contributed by atoms with van der Waals surface area (Å²) in [7, 11) is 0. The average Bonchev–Trinajstić information content (AvgIpc) is 2.08. The predicted molar refractivity (Wildman–Crippen MR) is 45.0 cm³/mol. The number of carboxylic acids is 2. The lowest BCUT2D eigenvalue weighted by Gasteiger charge is -1.93. The van der Waals surface area contributed by atoms with E-state index in [1.165, 1.54) is 12.2 Å². The largest absolute Gasteiger partial charge is 0.481 e. The maximum atomic E-state index is 9.98. The van der Waals surface area contributed by atoms with Crippen LogP contribution in [0.4, 0.5) is 0 Å². The molecule has 0 bridgehead atoms. The van der Waals surface area contributed by atoms with Gasteiger partial charge in [0.2, 0.25) is 0 Å². The zero-order valence-electron chi connectivity index (χ0n) is 7.25. The molecule has 0 radical (unpaired) electrons. The zero-order chi connectivity index (χ0) is 10.8. The van der Waals surface area contributed by atoms with Gasteiger partial charge in [0.25, 0.3) is 0 Å². The molecule has 0 aromatic heterocycles. The molecule has 0 heterocycles. The molecular weight excluding hydrogens is 192 g/mol. The Balaban J connectivity index is 3.37. The first-order chi connectivity index (χ1) is 6.63. The highest BCUT2D eigenvalue weighted by Crippen LogP contribution is 1.88. The normalized spacial score (nSPS) is 10.6. The second-order valence-corrected chi connectivity index (χ2v) is 2.13. The second kappa shape index (κ2) is 7.66. The van der Waals surface area contributed by atoms with Gasteiger partial charge in [0, 0.05) is 0 Å². The molecule has 0 aromatic rings. The fourth-order valence-electron chi connectivity index (χ4n) is 0.441. The molecule has 14 heavy (non-hydrogen) atoms. The van der Waals surface area contributed by atoms with E-state index in [4.69, 9.17) is 10.2 Å². The Morgan fingerprint density at radius 2 is 1.29 bits per heavy atom. The molecule has 0 rings (SSSR count). The smallest absolute Gasteiger partial charge is 0.307 e. The van der Waals surface area contributed by atoms with Gasteiger partial charge in [-0.25, -0.2) is 0 Å². The number of carboxylic acid groups (broad SMARTS) is 2. The van der Waals surface area contributed by atoms with Crippen LogP contribution in [-0.2, 0) is 19.4 Å².